The molecule has 5 heteroatoms. The van der Waals surface area contributed by atoms with Crippen molar-refractivity contribution in [2.24, 2.45) is 5.92 Å². The molecule has 2 unspecified atom stereocenters. The van der Waals surface area contributed by atoms with Crippen molar-refractivity contribution in [3.63, 3.8) is 0 Å². The SMILES string of the molecule is CNC1CCC(C)CN(c2cocn2)C1=O. The molecule has 2 atom stereocenters. The summed E-state index contributed by atoms with van der Waals surface area (Å²) in [6.07, 6.45) is 4.80. The summed E-state index contributed by atoms with van der Waals surface area (Å²) < 4.78 is 4.94. The number of hydrogen-bond acceptors (Lipinski definition) is 4. The lowest BCUT2D eigenvalue weighted by Gasteiger charge is -2.22. The van der Waals surface area contributed by atoms with Crippen LogP contribution >= 0.6 is 0 Å². The molecule has 0 radical (unpaired) electrons. The fourth-order valence-electron chi connectivity index (χ4n) is 2.07. The molecule has 0 saturated carbocycles. The van der Waals surface area contributed by atoms with Crippen molar-refractivity contribution in [3.8, 4) is 0 Å². The van der Waals surface area contributed by atoms with Gasteiger partial charge in [0, 0.05) is 6.54 Å². The predicted octanol–water partition coefficient (Wildman–Crippen LogP) is 1.03. The number of nitrogens with zero attached hydrogens (tertiary/aromatic N) is 2. The summed E-state index contributed by atoms with van der Waals surface area (Å²) >= 11 is 0. The van der Waals surface area contributed by atoms with Gasteiger partial charge in [-0.25, -0.2) is 0 Å². The molecule has 0 bridgehead atoms. The summed E-state index contributed by atoms with van der Waals surface area (Å²) in [5.74, 6) is 1.18. The van der Waals surface area contributed by atoms with E-state index in [4.69, 9.17) is 4.42 Å². The van der Waals surface area contributed by atoms with E-state index in [1.807, 2.05) is 7.05 Å². The first-order chi connectivity index (χ1) is 7.72. The van der Waals surface area contributed by atoms with Crippen molar-refractivity contribution in [1.82, 2.24) is 10.3 Å². The van der Waals surface area contributed by atoms with Crippen LogP contribution in [0.2, 0.25) is 0 Å². The molecule has 2 heterocycles. The van der Waals surface area contributed by atoms with E-state index in [9.17, 15) is 4.79 Å². The molecule has 5 nitrogen and oxygen atoms in total. The highest BCUT2D eigenvalue weighted by Gasteiger charge is 2.30. The lowest BCUT2D eigenvalue weighted by Crippen LogP contribution is -2.44. The van der Waals surface area contributed by atoms with Crippen LogP contribution in [-0.2, 0) is 4.79 Å². The molecule has 16 heavy (non-hydrogen) atoms. The Morgan fingerprint density at radius 2 is 2.38 bits per heavy atom. The van der Waals surface area contributed by atoms with Crippen molar-refractivity contribution < 1.29 is 9.21 Å². The Balaban J connectivity index is 2.23. The van der Waals surface area contributed by atoms with Crippen LogP contribution in [0.25, 0.3) is 0 Å². The summed E-state index contributed by atoms with van der Waals surface area (Å²) in [4.78, 5) is 18.0. The molecule has 1 aliphatic heterocycles. The summed E-state index contributed by atoms with van der Waals surface area (Å²) in [6, 6.07) is -0.110. The quantitative estimate of drug-likeness (QED) is 0.813. The Hall–Kier alpha value is -1.36. The van der Waals surface area contributed by atoms with Gasteiger partial charge in [0.05, 0.1) is 6.04 Å². The number of oxazole rings is 1. The minimum atomic E-state index is -0.110. The maximum atomic E-state index is 12.2. The average Bonchev–Trinajstić information content (AvgIpc) is 2.75. The Morgan fingerprint density at radius 1 is 1.56 bits per heavy atom. The van der Waals surface area contributed by atoms with E-state index in [0.29, 0.717) is 18.3 Å². The van der Waals surface area contributed by atoms with Crippen LogP contribution < -0.4 is 10.2 Å². The zero-order chi connectivity index (χ0) is 11.5. The van der Waals surface area contributed by atoms with Crippen LogP contribution in [0.3, 0.4) is 0 Å². The van der Waals surface area contributed by atoms with E-state index in [2.05, 4.69) is 17.2 Å². The molecule has 1 fully saturated rings. The summed E-state index contributed by atoms with van der Waals surface area (Å²) in [7, 11) is 1.82. The van der Waals surface area contributed by atoms with Crippen molar-refractivity contribution >= 4 is 11.7 Å². The molecular formula is C11H17N3O2. The van der Waals surface area contributed by atoms with Gasteiger partial charge in [-0.1, -0.05) is 6.92 Å². The molecular weight excluding hydrogens is 206 g/mol. The molecule has 1 aliphatic rings. The third-order valence-corrected chi connectivity index (χ3v) is 3.05. The number of hydrogen-bond donors (Lipinski definition) is 1. The predicted molar refractivity (Wildman–Crippen MR) is 60.1 cm³/mol. The lowest BCUT2D eigenvalue weighted by molar-refractivity contribution is -0.120. The van der Waals surface area contributed by atoms with Gasteiger partial charge in [-0.05, 0) is 25.8 Å². The lowest BCUT2D eigenvalue weighted by atomic mass is 10.0. The summed E-state index contributed by atoms with van der Waals surface area (Å²) in [5.41, 5.74) is 0. The van der Waals surface area contributed by atoms with Crippen molar-refractivity contribution in [2.75, 3.05) is 18.5 Å². The van der Waals surface area contributed by atoms with Crippen molar-refractivity contribution in [3.05, 3.63) is 12.7 Å². The molecule has 88 valence electrons. The molecule has 1 aromatic heterocycles. The molecule has 1 amide bonds. The fraction of sp³-hybridized carbons (Fsp3) is 0.636. The highest BCUT2D eigenvalue weighted by atomic mass is 16.3. The van der Waals surface area contributed by atoms with Crippen LogP contribution in [-0.4, -0.2) is 30.5 Å². The molecule has 1 aromatic rings. The van der Waals surface area contributed by atoms with E-state index in [-0.39, 0.29) is 11.9 Å². The normalized spacial score (nSPS) is 26.9. The van der Waals surface area contributed by atoms with E-state index >= 15 is 0 Å². The molecule has 0 spiro atoms. The zero-order valence-corrected chi connectivity index (χ0v) is 9.64. The van der Waals surface area contributed by atoms with E-state index in [1.165, 1.54) is 12.7 Å². The molecule has 0 aliphatic carbocycles. The zero-order valence-electron chi connectivity index (χ0n) is 9.64. The highest BCUT2D eigenvalue weighted by Crippen LogP contribution is 2.21. The first kappa shape index (κ1) is 11.1. The largest absolute Gasteiger partial charge is 0.449 e. The Kier molecular flexibility index (Phi) is 3.24. The number of carbonyl (C=O) groups is 1. The third kappa shape index (κ3) is 2.09. The maximum absolute atomic E-state index is 12.2. The van der Waals surface area contributed by atoms with Crippen molar-refractivity contribution in [1.29, 1.82) is 0 Å². The number of amides is 1. The molecule has 0 aromatic carbocycles. The van der Waals surface area contributed by atoms with Gasteiger partial charge in [0.1, 0.15) is 6.26 Å². The minimum absolute atomic E-state index is 0.0840. The number of nitrogens with one attached hydrogen (secondary N) is 1. The number of likely N-dealkylation sites (N-methyl/N-ethyl adjacent to an activating group) is 1. The first-order valence-electron chi connectivity index (χ1n) is 5.59. The minimum Gasteiger partial charge on any atom is -0.449 e. The van der Waals surface area contributed by atoms with E-state index < -0.39 is 0 Å². The smallest absolute Gasteiger partial charge is 0.245 e. The van der Waals surface area contributed by atoms with Crippen LogP contribution in [0.5, 0.6) is 0 Å². The van der Waals surface area contributed by atoms with Gasteiger partial charge in [-0.3, -0.25) is 9.69 Å². The molecule has 1 N–H and O–H groups in total. The second kappa shape index (κ2) is 4.65. The van der Waals surface area contributed by atoms with Gasteiger partial charge in [-0.2, -0.15) is 4.98 Å². The Morgan fingerprint density at radius 3 is 3.00 bits per heavy atom. The summed E-state index contributed by atoms with van der Waals surface area (Å²) in [6.45, 7) is 2.86. The van der Waals surface area contributed by atoms with Crippen LogP contribution in [0.4, 0.5) is 5.82 Å². The van der Waals surface area contributed by atoms with Gasteiger partial charge in [-0.15, -0.1) is 0 Å². The number of anilines is 1. The highest BCUT2D eigenvalue weighted by molar-refractivity contribution is 5.96. The fourth-order valence-corrected chi connectivity index (χ4v) is 2.07. The van der Waals surface area contributed by atoms with E-state index in [0.717, 1.165) is 12.8 Å². The van der Waals surface area contributed by atoms with E-state index in [1.54, 1.807) is 4.90 Å². The van der Waals surface area contributed by atoms with Gasteiger partial charge < -0.3 is 9.73 Å². The average molecular weight is 223 g/mol. The van der Waals surface area contributed by atoms with Gasteiger partial charge in [0.2, 0.25) is 5.91 Å². The summed E-state index contributed by atoms with van der Waals surface area (Å²) in [5, 5.41) is 3.06. The van der Waals surface area contributed by atoms with Gasteiger partial charge in [0.25, 0.3) is 0 Å². The maximum Gasteiger partial charge on any atom is 0.245 e. The van der Waals surface area contributed by atoms with Crippen molar-refractivity contribution in [2.45, 2.75) is 25.8 Å². The molecule has 2 rings (SSSR count). The number of carbonyl (C=O) groups excluding carboxylic acids is 1. The third-order valence-electron chi connectivity index (χ3n) is 3.05. The van der Waals surface area contributed by atoms with Crippen LogP contribution in [0.15, 0.2) is 17.1 Å². The standard InChI is InChI=1S/C11H17N3O2/c1-8-3-4-9(12-2)11(15)14(5-8)10-6-16-7-13-10/h6-9,12H,3-5H2,1-2H3. The van der Waals surface area contributed by atoms with Gasteiger partial charge in [0.15, 0.2) is 12.2 Å². The number of aromatic nitrogens is 1. The Bertz CT molecular complexity index is 350. The molecule has 1 saturated heterocycles. The van der Waals surface area contributed by atoms with Gasteiger partial charge >= 0.3 is 0 Å². The van der Waals surface area contributed by atoms with Crippen LogP contribution in [0, 0.1) is 5.92 Å². The second-order valence-corrected chi connectivity index (χ2v) is 4.32. The first-order valence-corrected chi connectivity index (χ1v) is 5.59. The Labute approximate surface area is 94.8 Å². The topological polar surface area (TPSA) is 58.4 Å². The monoisotopic (exact) mass is 223 g/mol. The van der Waals surface area contributed by atoms with Crippen LogP contribution in [0.1, 0.15) is 19.8 Å². The number of rotatable bonds is 2. The second-order valence-electron chi connectivity index (χ2n) is 4.32.